The van der Waals surface area contributed by atoms with Crippen molar-refractivity contribution in [1.82, 2.24) is 10.2 Å². The third-order valence-electron chi connectivity index (χ3n) is 3.36. The van der Waals surface area contributed by atoms with Crippen molar-refractivity contribution in [3.63, 3.8) is 0 Å². The lowest BCUT2D eigenvalue weighted by Crippen LogP contribution is -2.50. The van der Waals surface area contributed by atoms with Gasteiger partial charge in [-0.2, -0.15) is 13.2 Å². The van der Waals surface area contributed by atoms with Crippen molar-refractivity contribution in [2.45, 2.75) is 39.4 Å². The first-order valence-corrected chi connectivity index (χ1v) is 6.30. The fraction of sp³-hybridized carbons (Fsp3) is 0.917. The number of halogens is 3. The lowest BCUT2D eigenvalue weighted by molar-refractivity contribution is -0.168. The first-order valence-electron chi connectivity index (χ1n) is 6.30. The highest BCUT2D eigenvalue weighted by Crippen LogP contribution is 2.25. The molecule has 1 fully saturated rings. The second-order valence-electron chi connectivity index (χ2n) is 5.25. The van der Waals surface area contributed by atoms with Gasteiger partial charge in [0.1, 0.15) is 6.54 Å². The normalized spacial score (nSPS) is 25.3. The Morgan fingerprint density at radius 3 is 2.50 bits per heavy atom. The average Bonchev–Trinajstić information content (AvgIpc) is 2.24. The molecule has 0 spiro atoms. The van der Waals surface area contributed by atoms with Crippen LogP contribution in [0, 0.1) is 11.8 Å². The van der Waals surface area contributed by atoms with Gasteiger partial charge in [0.15, 0.2) is 0 Å². The number of carbonyl (C=O) groups excluding carboxylic acids is 1. The Bertz CT molecular complexity index is 292. The van der Waals surface area contributed by atoms with E-state index in [-0.39, 0.29) is 17.7 Å². The lowest BCUT2D eigenvalue weighted by atomic mass is 9.86. The maximum absolute atomic E-state index is 12.5. The highest BCUT2D eigenvalue weighted by Gasteiger charge is 2.38. The maximum Gasteiger partial charge on any atom is 0.406 e. The Hall–Kier alpha value is -0.780. The summed E-state index contributed by atoms with van der Waals surface area (Å²) in [6.07, 6.45) is -3.73. The van der Waals surface area contributed by atoms with Gasteiger partial charge in [-0.3, -0.25) is 4.79 Å². The summed E-state index contributed by atoms with van der Waals surface area (Å²) in [5.41, 5.74) is 0. The standard InChI is InChI=1S/C12H21F3N2O/c1-8(2)17(7-12(13,14)15)11(18)10-4-5-16-6-9(10)3/h8-10,16H,4-7H2,1-3H3. The molecule has 0 bridgehead atoms. The van der Waals surface area contributed by atoms with Crippen LogP contribution in [0.5, 0.6) is 0 Å². The quantitative estimate of drug-likeness (QED) is 0.847. The third kappa shape index (κ3) is 4.15. The van der Waals surface area contributed by atoms with Gasteiger partial charge in [0.05, 0.1) is 0 Å². The molecule has 0 aromatic rings. The van der Waals surface area contributed by atoms with E-state index in [4.69, 9.17) is 0 Å². The molecule has 2 atom stereocenters. The first kappa shape index (κ1) is 15.3. The van der Waals surface area contributed by atoms with Gasteiger partial charge in [-0.25, -0.2) is 0 Å². The predicted molar refractivity (Wildman–Crippen MR) is 63.0 cm³/mol. The fourth-order valence-electron chi connectivity index (χ4n) is 2.30. The Kier molecular flexibility index (Phi) is 5.01. The predicted octanol–water partition coefficient (Wildman–Crippen LogP) is 2.03. The Morgan fingerprint density at radius 2 is 2.06 bits per heavy atom. The van der Waals surface area contributed by atoms with Gasteiger partial charge in [0.2, 0.25) is 5.91 Å². The van der Waals surface area contributed by atoms with E-state index in [1.165, 1.54) is 0 Å². The lowest BCUT2D eigenvalue weighted by Gasteiger charge is -2.35. The van der Waals surface area contributed by atoms with Gasteiger partial charge in [-0.1, -0.05) is 6.92 Å². The molecule has 3 nitrogen and oxygen atoms in total. The summed E-state index contributed by atoms with van der Waals surface area (Å²) in [5, 5.41) is 3.14. The Labute approximate surface area is 106 Å². The van der Waals surface area contributed by atoms with Gasteiger partial charge in [-0.15, -0.1) is 0 Å². The van der Waals surface area contributed by atoms with Crippen molar-refractivity contribution >= 4 is 5.91 Å². The molecule has 106 valence electrons. The summed E-state index contributed by atoms with van der Waals surface area (Å²) >= 11 is 0. The topological polar surface area (TPSA) is 32.3 Å². The van der Waals surface area contributed by atoms with Crippen LogP contribution in [0.4, 0.5) is 13.2 Å². The van der Waals surface area contributed by atoms with Crippen LogP contribution >= 0.6 is 0 Å². The zero-order valence-electron chi connectivity index (χ0n) is 11.0. The number of piperidine rings is 1. The van der Waals surface area contributed by atoms with Crippen molar-refractivity contribution in [2.75, 3.05) is 19.6 Å². The number of carbonyl (C=O) groups is 1. The van der Waals surface area contributed by atoms with Crippen LogP contribution in [0.3, 0.4) is 0 Å². The molecule has 0 saturated carbocycles. The molecular weight excluding hydrogens is 245 g/mol. The average molecular weight is 266 g/mol. The highest BCUT2D eigenvalue weighted by atomic mass is 19.4. The molecule has 1 rings (SSSR count). The van der Waals surface area contributed by atoms with Crippen LogP contribution in [0.2, 0.25) is 0 Å². The molecule has 1 amide bonds. The van der Waals surface area contributed by atoms with Gasteiger partial charge < -0.3 is 10.2 Å². The minimum Gasteiger partial charge on any atom is -0.331 e. The molecule has 6 heteroatoms. The number of hydrogen-bond acceptors (Lipinski definition) is 2. The molecule has 0 aromatic heterocycles. The van der Waals surface area contributed by atoms with E-state index in [1.807, 2.05) is 6.92 Å². The Balaban J connectivity index is 2.75. The van der Waals surface area contributed by atoms with E-state index >= 15 is 0 Å². The number of nitrogens with zero attached hydrogens (tertiary/aromatic N) is 1. The number of alkyl halides is 3. The van der Waals surface area contributed by atoms with Crippen LogP contribution in [0.1, 0.15) is 27.2 Å². The van der Waals surface area contributed by atoms with Gasteiger partial charge in [0, 0.05) is 12.0 Å². The van der Waals surface area contributed by atoms with E-state index in [2.05, 4.69) is 5.32 Å². The fourth-order valence-corrected chi connectivity index (χ4v) is 2.30. The molecule has 0 radical (unpaired) electrons. The highest BCUT2D eigenvalue weighted by molar-refractivity contribution is 5.79. The van der Waals surface area contributed by atoms with Crippen molar-refractivity contribution in [3.05, 3.63) is 0 Å². The van der Waals surface area contributed by atoms with Gasteiger partial charge in [0.25, 0.3) is 0 Å². The zero-order chi connectivity index (χ0) is 13.9. The molecule has 1 N–H and O–H groups in total. The summed E-state index contributed by atoms with van der Waals surface area (Å²) in [6.45, 7) is 5.37. The van der Waals surface area contributed by atoms with Crippen molar-refractivity contribution in [3.8, 4) is 0 Å². The molecule has 1 aliphatic heterocycles. The van der Waals surface area contributed by atoms with Gasteiger partial charge >= 0.3 is 6.18 Å². The molecular formula is C12H21F3N2O. The smallest absolute Gasteiger partial charge is 0.331 e. The maximum atomic E-state index is 12.5. The Morgan fingerprint density at radius 1 is 1.44 bits per heavy atom. The van der Waals surface area contributed by atoms with E-state index in [0.717, 1.165) is 4.90 Å². The van der Waals surface area contributed by atoms with Crippen molar-refractivity contribution < 1.29 is 18.0 Å². The summed E-state index contributed by atoms with van der Waals surface area (Å²) in [6, 6.07) is -0.429. The molecule has 0 aromatic carbocycles. The largest absolute Gasteiger partial charge is 0.406 e. The minimum atomic E-state index is -4.34. The first-order chi connectivity index (χ1) is 8.22. The van der Waals surface area contributed by atoms with E-state index < -0.39 is 18.8 Å². The van der Waals surface area contributed by atoms with Crippen LogP contribution in [-0.2, 0) is 4.79 Å². The molecule has 2 unspecified atom stereocenters. The van der Waals surface area contributed by atoms with Crippen molar-refractivity contribution in [2.24, 2.45) is 11.8 Å². The van der Waals surface area contributed by atoms with Crippen LogP contribution in [-0.4, -0.2) is 42.7 Å². The second-order valence-corrected chi connectivity index (χ2v) is 5.25. The number of amides is 1. The summed E-state index contributed by atoms with van der Waals surface area (Å²) < 4.78 is 37.5. The van der Waals surface area contributed by atoms with Crippen LogP contribution in [0.15, 0.2) is 0 Å². The minimum absolute atomic E-state index is 0.0840. The molecule has 1 aliphatic rings. The summed E-state index contributed by atoms with van der Waals surface area (Å²) in [7, 11) is 0. The van der Waals surface area contributed by atoms with Gasteiger partial charge in [-0.05, 0) is 39.3 Å². The van der Waals surface area contributed by atoms with Crippen LogP contribution in [0.25, 0.3) is 0 Å². The number of rotatable bonds is 3. The molecule has 1 saturated heterocycles. The molecule has 18 heavy (non-hydrogen) atoms. The monoisotopic (exact) mass is 266 g/mol. The number of hydrogen-bond donors (Lipinski definition) is 1. The summed E-state index contributed by atoms with van der Waals surface area (Å²) in [4.78, 5) is 13.2. The zero-order valence-corrected chi connectivity index (χ0v) is 11.0. The molecule has 1 heterocycles. The number of nitrogens with one attached hydrogen (secondary N) is 1. The molecule has 0 aliphatic carbocycles. The van der Waals surface area contributed by atoms with E-state index in [1.54, 1.807) is 13.8 Å². The summed E-state index contributed by atoms with van der Waals surface area (Å²) in [5.74, 6) is -0.576. The van der Waals surface area contributed by atoms with Crippen molar-refractivity contribution in [1.29, 1.82) is 0 Å². The SMILES string of the molecule is CC1CNCCC1C(=O)N(CC(F)(F)F)C(C)C. The second kappa shape index (κ2) is 5.91. The van der Waals surface area contributed by atoms with E-state index in [0.29, 0.717) is 19.5 Å². The van der Waals surface area contributed by atoms with Crippen LogP contribution < -0.4 is 5.32 Å². The van der Waals surface area contributed by atoms with E-state index in [9.17, 15) is 18.0 Å². The third-order valence-corrected chi connectivity index (χ3v) is 3.36.